The summed E-state index contributed by atoms with van der Waals surface area (Å²) in [4.78, 5) is 33.0. The number of amides is 1. The van der Waals surface area contributed by atoms with Crippen LogP contribution >= 0.6 is 0 Å². The molecule has 0 rings (SSSR count). The maximum atomic E-state index is 11.4. The molecule has 0 aliphatic heterocycles. The highest BCUT2D eigenvalue weighted by Crippen LogP contribution is 2.12. The van der Waals surface area contributed by atoms with Crippen molar-refractivity contribution in [2.24, 2.45) is 11.8 Å². The predicted molar refractivity (Wildman–Crippen MR) is 59.9 cm³/mol. The Balaban J connectivity index is 4.07. The van der Waals surface area contributed by atoms with Crippen LogP contribution in [-0.4, -0.2) is 29.7 Å². The monoisotopic (exact) mass is 243 g/mol. The molecule has 0 aromatic carbocycles. The van der Waals surface area contributed by atoms with Crippen LogP contribution in [0.1, 0.15) is 20.8 Å². The molecule has 6 heteroatoms. The van der Waals surface area contributed by atoms with Gasteiger partial charge in [0.1, 0.15) is 0 Å². The zero-order valence-corrected chi connectivity index (χ0v) is 10.1. The summed E-state index contributed by atoms with van der Waals surface area (Å²) in [6.07, 6.45) is 0. The lowest BCUT2D eigenvalue weighted by Crippen LogP contribution is -2.32. The van der Waals surface area contributed by atoms with Crippen molar-refractivity contribution < 1.29 is 24.2 Å². The molecule has 2 unspecified atom stereocenters. The van der Waals surface area contributed by atoms with Gasteiger partial charge in [-0.3, -0.25) is 14.4 Å². The van der Waals surface area contributed by atoms with E-state index in [0.29, 0.717) is 5.57 Å². The van der Waals surface area contributed by atoms with Crippen LogP contribution in [0.3, 0.4) is 0 Å². The Hall–Kier alpha value is -1.85. The Morgan fingerprint density at radius 1 is 1.29 bits per heavy atom. The van der Waals surface area contributed by atoms with Crippen LogP contribution in [0.25, 0.3) is 0 Å². The number of aliphatic carboxylic acids is 1. The zero-order chi connectivity index (χ0) is 13.6. The van der Waals surface area contributed by atoms with E-state index in [9.17, 15) is 14.4 Å². The molecule has 2 atom stereocenters. The fourth-order valence-electron chi connectivity index (χ4n) is 0.873. The van der Waals surface area contributed by atoms with Gasteiger partial charge in [-0.25, -0.2) is 0 Å². The molecule has 0 aromatic heterocycles. The minimum absolute atomic E-state index is 0.290. The van der Waals surface area contributed by atoms with Gasteiger partial charge in [0.2, 0.25) is 5.91 Å². The van der Waals surface area contributed by atoms with E-state index in [-0.39, 0.29) is 6.73 Å². The summed E-state index contributed by atoms with van der Waals surface area (Å²) in [7, 11) is 0. The number of carboxylic acids is 1. The molecule has 0 aromatic rings. The van der Waals surface area contributed by atoms with E-state index in [1.807, 2.05) is 0 Å². The first-order valence-electron chi connectivity index (χ1n) is 5.10. The van der Waals surface area contributed by atoms with Gasteiger partial charge >= 0.3 is 11.9 Å². The lowest BCUT2D eigenvalue weighted by atomic mass is 9.96. The molecule has 17 heavy (non-hydrogen) atoms. The number of hydrogen-bond donors (Lipinski definition) is 2. The summed E-state index contributed by atoms with van der Waals surface area (Å²) in [5.41, 5.74) is 0.299. The van der Waals surface area contributed by atoms with E-state index in [0.717, 1.165) is 0 Å². The van der Waals surface area contributed by atoms with Crippen LogP contribution < -0.4 is 5.32 Å². The lowest BCUT2D eigenvalue weighted by molar-refractivity contribution is -0.157. The number of carboxylic acid groups (broad SMARTS) is 1. The number of carbonyl (C=O) groups is 3. The summed E-state index contributed by atoms with van der Waals surface area (Å²) >= 11 is 0. The second-order valence-corrected chi connectivity index (χ2v) is 3.81. The maximum Gasteiger partial charge on any atom is 0.311 e. The second-order valence-electron chi connectivity index (χ2n) is 3.81. The molecule has 6 nitrogen and oxygen atoms in total. The molecule has 1 amide bonds. The van der Waals surface area contributed by atoms with Crippen LogP contribution in [0.2, 0.25) is 0 Å². The molecule has 96 valence electrons. The Bertz CT molecular complexity index is 337. The first-order valence-corrected chi connectivity index (χ1v) is 5.10. The third-order valence-corrected chi connectivity index (χ3v) is 2.35. The highest BCUT2D eigenvalue weighted by atomic mass is 16.5. The molecule has 0 heterocycles. The highest BCUT2D eigenvalue weighted by Gasteiger charge is 2.26. The average Bonchev–Trinajstić information content (AvgIpc) is 2.26. The molecule has 0 spiro atoms. The second kappa shape index (κ2) is 6.67. The number of esters is 1. The van der Waals surface area contributed by atoms with Gasteiger partial charge in [0.05, 0.1) is 11.8 Å². The van der Waals surface area contributed by atoms with Gasteiger partial charge in [-0.1, -0.05) is 20.4 Å². The van der Waals surface area contributed by atoms with E-state index in [1.54, 1.807) is 0 Å². The molecule has 0 fully saturated rings. The number of carbonyl (C=O) groups excluding carboxylic acids is 2. The minimum atomic E-state index is -1.07. The smallest absolute Gasteiger partial charge is 0.311 e. The minimum Gasteiger partial charge on any atom is -0.481 e. The maximum absolute atomic E-state index is 11.4. The van der Waals surface area contributed by atoms with Crippen LogP contribution in [0.4, 0.5) is 0 Å². The fourth-order valence-corrected chi connectivity index (χ4v) is 0.873. The molecule has 0 saturated carbocycles. The summed E-state index contributed by atoms with van der Waals surface area (Å²) in [6.45, 7) is 7.52. The molecule has 0 radical (unpaired) electrons. The van der Waals surface area contributed by atoms with Gasteiger partial charge < -0.3 is 15.2 Å². The Morgan fingerprint density at radius 3 is 2.24 bits per heavy atom. The molecule has 0 saturated heterocycles. The topological polar surface area (TPSA) is 92.7 Å². The standard InChI is InChI=1S/C11H17NO5/c1-6(2)9(13)12-5-17-11(16)8(4)7(3)10(14)15/h7-8H,1,5H2,2-4H3,(H,12,13)(H,14,15). The average molecular weight is 243 g/mol. The first-order chi connectivity index (χ1) is 7.77. The van der Waals surface area contributed by atoms with Crippen molar-refractivity contribution >= 4 is 17.8 Å². The van der Waals surface area contributed by atoms with E-state index in [2.05, 4.69) is 11.9 Å². The van der Waals surface area contributed by atoms with Gasteiger partial charge in [0, 0.05) is 5.57 Å². The van der Waals surface area contributed by atoms with Crippen molar-refractivity contribution in [1.82, 2.24) is 5.32 Å². The van der Waals surface area contributed by atoms with Crippen LogP contribution in [0.15, 0.2) is 12.2 Å². The van der Waals surface area contributed by atoms with E-state index in [4.69, 9.17) is 9.84 Å². The summed E-state index contributed by atoms with van der Waals surface area (Å²) < 4.78 is 4.72. The van der Waals surface area contributed by atoms with Crippen LogP contribution in [0.5, 0.6) is 0 Å². The van der Waals surface area contributed by atoms with Crippen molar-refractivity contribution in [2.75, 3.05) is 6.73 Å². The largest absolute Gasteiger partial charge is 0.481 e. The Labute approximate surface area is 99.6 Å². The Kier molecular flexibility index (Phi) is 5.95. The molecule has 2 N–H and O–H groups in total. The van der Waals surface area contributed by atoms with Crippen molar-refractivity contribution in [3.63, 3.8) is 0 Å². The molecule has 0 bridgehead atoms. The van der Waals surface area contributed by atoms with Crippen molar-refractivity contribution in [1.29, 1.82) is 0 Å². The number of rotatable bonds is 6. The third-order valence-electron chi connectivity index (χ3n) is 2.35. The van der Waals surface area contributed by atoms with Gasteiger partial charge in [-0.05, 0) is 6.92 Å². The number of ether oxygens (including phenoxy) is 1. The third kappa shape index (κ3) is 5.14. The molecular weight excluding hydrogens is 226 g/mol. The van der Waals surface area contributed by atoms with Crippen LogP contribution in [-0.2, 0) is 19.1 Å². The van der Waals surface area contributed by atoms with Gasteiger partial charge in [-0.2, -0.15) is 0 Å². The number of nitrogens with one attached hydrogen (secondary N) is 1. The summed E-state index contributed by atoms with van der Waals surface area (Å²) in [6, 6.07) is 0. The molecule has 0 aliphatic rings. The highest BCUT2D eigenvalue weighted by molar-refractivity contribution is 5.92. The summed E-state index contributed by atoms with van der Waals surface area (Å²) in [5, 5.41) is 11.0. The normalized spacial score (nSPS) is 13.4. The van der Waals surface area contributed by atoms with Gasteiger partial charge in [0.15, 0.2) is 6.73 Å². The molecule has 0 aliphatic carbocycles. The summed E-state index contributed by atoms with van der Waals surface area (Å²) in [5.74, 6) is -3.76. The van der Waals surface area contributed by atoms with Gasteiger partial charge in [-0.15, -0.1) is 0 Å². The van der Waals surface area contributed by atoms with Crippen molar-refractivity contribution in [3.05, 3.63) is 12.2 Å². The van der Waals surface area contributed by atoms with Crippen LogP contribution in [0, 0.1) is 11.8 Å². The SMILES string of the molecule is C=C(C)C(=O)NCOC(=O)C(C)C(C)C(=O)O. The lowest BCUT2D eigenvalue weighted by Gasteiger charge is -2.15. The molecular formula is C11H17NO5. The zero-order valence-electron chi connectivity index (χ0n) is 10.1. The van der Waals surface area contributed by atoms with Crippen molar-refractivity contribution in [3.8, 4) is 0 Å². The Morgan fingerprint density at radius 2 is 1.82 bits per heavy atom. The quantitative estimate of drug-likeness (QED) is 0.403. The van der Waals surface area contributed by atoms with Crippen molar-refractivity contribution in [2.45, 2.75) is 20.8 Å². The van der Waals surface area contributed by atoms with E-state index in [1.165, 1.54) is 20.8 Å². The van der Waals surface area contributed by atoms with Gasteiger partial charge in [0.25, 0.3) is 0 Å². The fraction of sp³-hybridized carbons (Fsp3) is 0.545. The first kappa shape index (κ1) is 15.2. The van der Waals surface area contributed by atoms with E-state index < -0.39 is 29.7 Å². The number of hydrogen-bond acceptors (Lipinski definition) is 4. The van der Waals surface area contributed by atoms with E-state index >= 15 is 0 Å². The predicted octanol–water partition coefficient (Wildman–Crippen LogP) is 0.536.